The largest absolute Gasteiger partial charge is 0.497 e. The number of nitrogens with one attached hydrogen (secondary N) is 1. The van der Waals surface area contributed by atoms with Crippen LogP contribution in [0.4, 0.5) is 5.82 Å². The Bertz CT molecular complexity index is 1400. The smallest absolute Gasteiger partial charge is 0.343 e. The molecule has 0 unspecified atom stereocenters. The van der Waals surface area contributed by atoms with Gasteiger partial charge in [-0.15, -0.1) is 0 Å². The lowest BCUT2D eigenvalue weighted by Gasteiger charge is -2.24. The van der Waals surface area contributed by atoms with Gasteiger partial charge in [0, 0.05) is 22.3 Å². The van der Waals surface area contributed by atoms with Crippen molar-refractivity contribution in [3.05, 3.63) is 70.8 Å². The quantitative estimate of drug-likeness (QED) is 0.203. The van der Waals surface area contributed by atoms with E-state index in [1.54, 1.807) is 44.6 Å². The molecule has 0 aliphatic heterocycles. The summed E-state index contributed by atoms with van der Waals surface area (Å²) in [6.45, 7) is 0. The van der Waals surface area contributed by atoms with Crippen molar-refractivity contribution in [3.8, 4) is 28.5 Å². The maximum Gasteiger partial charge on any atom is 0.343 e. The number of fused-ring (bicyclic) bond motifs is 1. The molecule has 2 aromatic carbocycles. The summed E-state index contributed by atoms with van der Waals surface area (Å²) in [5.74, 6) is 1.83. The number of ether oxygens (including phenoxy) is 3. The van der Waals surface area contributed by atoms with E-state index in [4.69, 9.17) is 19.2 Å². The van der Waals surface area contributed by atoms with Crippen molar-refractivity contribution in [1.82, 2.24) is 9.38 Å². The summed E-state index contributed by atoms with van der Waals surface area (Å²) < 4.78 is 19.5. The highest BCUT2D eigenvalue weighted by Gasteiger charge is 2.21. The van der Waals surface area contributed by atoms with Gasteiger partial charge in [-0.1, -0.05) is 25.3 Å². The van der Waals surface area contributed by atoms with Crippen LogP contribution in [0.5, 0.6) is 17.2 Å². The highest BCUT2D eigenvalue weighted by atomic mass is 79.9. The van der Waals surface area contributed by atoms with Crippen LogP contribution in [0.25, 0.3) is 16.9 Å². The standard InChI is InChI=1S/C28H28BrN3O4/c1-34-22-10-6-7-19(15-22)28(33)36-23-13-11-18(16-24(23)35-2)26-27(30-21-8-4-3-5-9-21)32-17-20(29)12-14-25(32)31-26/h6-7,10-17,21,30H,3-5,8-9H2,1-2H3. The van der Waals surface area contributed by atoms with Gasteiger partial charge in [-0.2, -0.15) is 0 Å². The van der Waals surface area contributed by atoms with Gasteiger partial charge in [-0.25, -0.2) is 9.78 Å². The molecule has 0 amide bonds. The van der Waals surface area contributed by atoms with Crippen LogP contribution >= 0.6 is 15.9 Å². The van der Waals surface area contributed by atoms with E-state index in [2.05, 4.69) is 25.6 Å². The lowest BCUT2D eigenvalue weighted by Crippen LogP contribution is -2.23. The fourth-order valence-electron chi connectivity index (χ4n) is 4.61. The number of rotatable bonds is 7. The summed E-state index contributed by atoms with van der Waals surface area (Å²) in [5, 5.41) is 3.76. The van der Waals surface area contributed by atoms with Crippen LogP contribution in [0.15, 0.2) is 65.3 Å². The number of nitrogens with zero attached hydrogens (tertiary/aromatic N) is 2. The molecule has 5 rings (SSSR count). The van der Waals surface area contributed by atoms with Gasteiger partial charge in [0.25, 0.3) is 0 Å². The normalized spacial score (nSPS) is 14.0. The lowest BCUT2D eigenvalue weighted by atomic mass is 9.95. The zero-order valence-corrected chi connectivity index (χ0v) is 21.9. The Labute approximate surface area is 218 Å². The molecular weight excluding hydrogens is 522 g/mol. The lowest BCUT2D eigenvalue weighted by molar-refractivity contribution is 0.0729. The maximum absolute atomic E-state index is 12.8. The van der Waals surface area contributed by atoms with E-state index < -0.39 is 5.97 Å². The highest BCUT2D eigenvalue weighted by Crippen LogP contribution is 2.37. The molecular formula is C28H28BrN3O4. The molecule has 1 fully saturated rings. The van der Waals surface area contributed by atoms with Crippen LogP contribution in [0, 0.1) is 0 Å². The van der Waals surface area contributed by atoms with Gasteiger partial charge in [-0.05, 0) is 77.3 Å². The van der Waals surface area contributed by atoms with Crippen LogP contribution in [-0.4, -0.2) is 35.6 Å². The molecule has 7 nitrogen and oxygen atoms in total. The second-order valence-corrected chi connectivity index (χ2v) is 9.77. The fraction of sp³-hybridized carbons (Fsp3) is 0.286. The van der Waals surface area contributed by atoms with Crippen molar-refractivity contribution in [2.45, 2.75) is 38.1 Å². The number of hydrogen-bond donors (Lipinski definition) is 1. The van der Waals surface area contributed by atoms with Crippen molar-refractivity contribution in [1.29, 1.82) is 0 Å². The van der Waals surface area contributed by atoms with Crippen molar-refractivity contribution < 1.29 is 19.0 Å². The number of hydrogen-bond acceptors (Lipinski definition) is 6. The number of benzene rings is 2. The summed E-state index contributed by atoms with van der Waals surface area (Å²) in [5.41, 5.74) is 2.93. The molecule has 1 N–H and O–H groups in total. The van der Waals surface area contributed by atoms with E-state index >= 15 is 0 Å². The van der Waals surface area contributed by atoms with Crippen LogP contribution in [-0.2, 0) is 0 Å². The molecule has 186 valence electrons. The van der Waals surface area contributed by atoms with Gasteiger partial charge < -0.3 is 19.5 Å². The molecule has 0 radical (unpaired) electrons. The summed E-state index contributed by atoms with van der Waals surface area (Å²) in [7, 11) is 3.12. The Hall–Kier alpha value is -3.52. The third-order valence-electron chi connectivity index (χ3n) is 6.47. The molecule has 4 aromatic rings. The van der Waals surface area contributed by atoms with Crippen molar-refractivity contribution >= 4 is 33.4 Å². The number of methoxy groups -OCH3 is 2. The first-order valence-corrected chi connectivity index (χ1v) is 12.8. The first-order valence-electron chi connectivity index (χ1n) is 12.0. The molecule has 1 aliphatic rings. The highest BCUT2D eigenvalue weighted by molar-refractivity contribution is 9.10. The minimum atomic E-state index is -0.489. The molecule has 0 bridgehead atoms. The van der Waals surface area contributed by atoms with Crippen LogP contribution < -0.4 is 19.5 Å². The van der Waals surface area contributed by atoms with Gasteiger partial charge >= 0.3 is 5.97 Å². The summed E-state index contributed by atoms with van der Waals surface area (Å²) in [4.78, 5) is 17.7. The minimum absolute atomic E-state index is 0.336. The van der Waals surface area contributed by atoms with E-state index in [0.29, 0.717) is 28.9 Å². The second kappa shape index (κ2) is 10.6. The zero-order chi connectivity index (χ0) is 25.1. The van der Waals surface area contributed by atoms with Gasteiger partial charge in [-0.3, -0.25) is 4.40 Å². The summed E-state index contributed by atoms with van der Waals surface area (Å²) in [6, 6.07) is 16.7. The van der Waals surface area contributed by atoms with E-state index in [1.807, 2.05) is 30.5 Å². The van der Waals surface area contributed by atoms with E-state index in [0.717, 1.165) is 40.0 Å². The predicted octanol–water partition coefficient (Wildman–Crippen LogP) is 6.74. The van der Waals surface area contributed by atoms with Gasteiger partial charge in [0.15, 0.2) is 11.5 Å². The number of esters is 1. The fourth-order valence-corrected chi connectivity index (χ4v) is 4.94. The zero-order valence-electron chi connectivity index (χ0n) is 20.3. The third kappa shape index (κ3) is 5.04. The first-order chi connectivity index (χ1) is 17.6. The van der Waals surface area contributed by atoms with Crippen molar-refractivity contribution in [3.63, 3.8) is 0 Å². The number of halogens is 1. The van der Waals surface area contributed by atoms with Gasteiger partial charge in [0.1, 0.15) is 22.9 Å². The van der Waals surface area contributed by atoms with E-state index in [9.17, 15) is 4.79 Å². The Morgan fingerprint density at radius 2 is 1.83 bits per heavy atom. The first kappa shape index (κ1) is 24.2. The van der Waals surface area contributed by atoms with Crippen LogP contribution in [0.1, 0.15) is 42.5 Å². The topological polar surface area (TPSA) is 74.1 Å². The van der Waals surface area contributed by atoms with Crippen LogP contribution in [0.3, 0.4) is 0 Å². The number of imidazole rings is 1. The summed E-state index contributed by atoms with van der Waals surface area (Å²) in [6.07, 6.45) is 8.06. The molecule has 36 heavy (non-hydrogen) atoms. The van der Waals surface area contributed by atoms with Gasteiger partial charge in [0.05, 0.1) is 19.8 Å². The molecule has 1 saturated carbocycles. The minimum Gasteiger partial charge on any atom is -0.497 e. The number of anilines is 1. The number of carbonyl (C=O) groups excluding carboxylic acids is 1. The number of aromatic nitrogens is 2. The Kier molecular flexibility index (Phi) is 7.13. The van der Waals surface area contributed by atoms with Crippen LogP contribution in [0.2, 0.25) is 0 Å². The molecule has 8 heteroatoms. The monoisotopic (exact) mass is 549 g/mol. The Morgan fingerprint density at radius 3 is 2.61 bits per heavy atom. The molecule has 0 saturated heterocycles. The predicted molar refractivity (Wildman–Crippen MR) is 143 cm³/mol. The second-order valence-electron chi connectivity index (χ2n) is 8.85. The molecule has 0 atom stereocenters. The molecule has 2 heterocycles. The Morgan fingerprint density at radius 1 is 1.00 bits per heavy atom. The van der Waals surface area contributed by atoms with E-state index in [1.165, 1.54) is 19.3 Å². The molecule has 1 aliphatic carbocycles. The summed E-state index contributed by atoms with van der Waals surface area (Å²) >= 11 is 3.59. The maximum atomic E-state index is 12.8. The van der Waals surface area contributed by atoms with Gasteiger partial charge in [0.2, 0.25) is 0 Å². The Balaban J connectivity index is 1.49. The number of pyridine rings is 1. The van der Waals surface area contributed by atoms with Crippen molar-refractivity contribution in [2.75, 3.05) is 19.5 Å². The average Bonchev–Trinajstić information content (AvgIpc) is 3.26. The molecule has 2 aromatic heterocycles. The third-order valence-corrected chi connectivity index (χ3v) is 6.94. The average molecular weight is 550 g/mol. The SMILES string of the molecule is COc1cccc(C(=O)Oc2ccc(-c3nc4ccc(Br)cn4c3NC3CCCCC3)cc2OC)c1. The number of carbonyl (C=O) groups is 1. The van der Waals surface area contributed by atoms with Crippen molar-refractivity contribution in [2.24, 2.45) is 0 Å². The molecule has 0 spiro atoms. The van der Waals surface area contributed by atoms with E-state index in [-0.39, 0.29) is 0 Å².